The van der Waals surface area contributed by atoms with Crippen LogP contribution in [0.15, 0.2) is 36.5 Å². The molecule has 3 unspecified atom stereocenters. The van der Waals surface area contributed by atoms with E-state index in [1.807, 2.05) is 6.08 Å². The lowest BCUT2D eigenvalue weighted by Gasteiger charge is -2.21. The van der Waals surface area contributed by atoms with Gasteiger partial charge >= 0.3 is 0 Å². The smallest absolute Gasteiger partial charge is 0.222 e. The number of rotatable bonds is 27. The zero-order valence-corrected chi connectivity index (χ0v) is 24.8. The van der Waals surface area contributed by atoms with Gasteiger partial charge in [0.25, 0.3) is 0 Å². The number of carbonyl (C=O) groups is 1. The molecule has 5 heteroatoms. The Bertz CT molecular complexity index is 602. The van der Waals surface area contributed by atoms with Crippen LogP contribution in [0.2, 0.25) is 0 Å². The summed E-state index contributed by atoms with van der Waals surface area (Å²) in [5.41, 5.74) is 0. The van der Waals surface area contributed by atoms with Crippen LogP contribution in [0, 0.1) is 0 Å². The second kappa shape index (κ2) is 28.6. The molecule has 0 aromatic rings. The maximum Gasteiger partial charge on any atom is 0.222 e. The highest BCUT2D eigenvalue weighted by Gasteiger charge is 2.19. The Labute approximate surface area is 234 Å². The van der Waals surface area contributed by atoms with Crippen molar-refractivity contribution in [3.8, 4) is 0 Å². The summed E-state index contributed by atoms with van der Waals surface area (Å²) in [6.45, 7) is 4.10. The standard InChI is InChI=1S/C33H61NO4/c1-3-5-7-9-11-13-15-17-19-21-23-25-27-32(37)31(29-35)34-33(38)28-30(36)26-24-22-20-18-16-14-12-10-8-6-4-2/h9,11,17,19,25,27,30-32,35-37H,3-8,10,12-16,18,20-24,26,28-29H2,1-2H3,(H,34,38)/b11-9+,19-17+,27-25+. The highest BCUT2D eigenvalue weighted by atomic mass is 16.3. The minimum absolute atomic E-state index is 0.00326. The quantitative estimate of drug-likeness (QED) is 0.0641. The molecule has 0 aliphatic rings. The molecule has 0 aliphatic carbocycles. The Morgan fingerprint density at radius 1 is 0.658 bits per heavy atom. The molecule has 0 saturated carbocycles. The maximum atomic E-state index is 12.3. The second-order valence-electron chi connectivity index (χ2n) is 10.7. The summed E-state index contributed by atoms with van der Waals surface area (Å²) in [6.07, 6.45) is 32.6. The van der Waals surface area contributed by atoms with Crippen LogP contribution < -0.4 is 5.32 Å². The number of amides is 1. The fourth-order valence-electron chi connectivity index (χ4n) is 4.41. The lowest BCUT2D eigenvalue weighted by atomic mass is 10.0. The molecule has 5 nitrogen and oxygen atoms in total. The molecule has 0 bridgehead atoms. The highest BCUT2D eigenvalue weighted by molar-refractivity contribution is 5.76. The van der Waals surface area contributed by atoms with Gasteiger partial charge in [0.15, 0.2) is 0 Å². The Kier molecular flexibility index (Phi) is 27.5. The van der Waals surface area contributed by atoms with Gasteiger partial charge in [-0.3, -0.25) is 4.79 Å². The average molecular weight is 536 g/mol. The predicted molar refractivity (Wildman–Crippen MR) is 162 cm³/mol. The molecule has 0 heterocycles. The number of carbonyl (C=O) groups excluding carboxylic acids is 1. The minimum atomic E-state index is -0.954. The Morgan fingerprint density at radius 2 is 1.13 bits per heavy atom. The molecule has 0 fully saturated rings. The first-order valence-electron chi connectivity index (χ1n) is 15.8. The number of allylic oxidation sites excluding steroid dienone is 5. The molecule has 38 heavy (non-hydrogen) atoms. The fourth-order valence-corrected chi connectivity index (χ4v) is 4.41. The van der Waals surface area contributed by atoms with Crippen LogP contribution in [-0.2, 0) is 4.79 Å². The van der Waals surface area contributed by atoms with Gasteiger partial charge in [-0.25, -0.2) is 0 Å². The molecule has 0 saturated heterocycles. The van der Waals surface area contributed by atoms with Gasteiger partial charge < -0.3 is 20.6 Å². The van der Waals surface area contributed by atoms with E-state index in [2.05, 4.69) is 43.5 Å². The molecule has 0 aromatic heterocycles. The first-order valence-corrected chi connectivity index (χ1v) is 15.8. The van der Waals surface area contributed by atoms with E-state index in [1.165, 1.54) is 77.0 Å². The number of nitrogens with one attached hydrogen (secondary N) is 1. The summed E-state index contributed by atoms with van der Waals surface area (Å²) < 4.78 is 0. The Hall–Kier alpha value is -1.43. The molecule has 0 rings (SSSR count). The van der Waals surface area contributed by atoms with E-state index in [9.17, 15) is 20.1 Å². The number of hydrogen-bond donors (Lipinski definition) is 4. The van der Waals surface area contributed by atoms with Gasteiger partial charge in [-0.2, -0.15) is 0 Å². The van der Waals surface area contributed by atoms with Gasteiger partial charge in [-0.05, 0) is 38.5 Å². The van der Waals surface area contributed by atoms with Crippen LogP contribution in [0.25, 0.3) is 0 Å². The van der Waals surface area contributed by atoms with Gasteiger partial charge in [0, 0.05) is 0 Å². The SMILES string of the molecule is CCCC/C=C/CC/C=C/CC/C=C/C(O)C(CO)NC(=O)CC(O)CCCCCCCCCCCCC. The zero-order valence-electron chi connectivity index (χ0n) is 24.8. The lowest BCUT2D eigenvalue weighted by molar-refractivity contribution is -0.124. The largest absolute Gasteiger partial charge is 0.394 e. The van der Waals surface area contributed by atoms with Crippen molar-refractivity contribution in [1.82, 2.24) is 5.32 Å². The normalized spacial score (nSPS) is 14.6. The van der Waals surface area contributed by atoms with E-state index in [-0.39, 0.29) is 18.9 Å². The van der Waals surface area contributed by atoms with E-state index in [0.29, 0.717) is 6.42 Å². The van der Waals surface area contributed by atoms with Crippen molar-refractivity contribution in [3.05, 3.63) is 36.5 Å². The monoisotopic (exact) mass is 535 g/mol. The molecule has 3 atom stereocenters. The van der Waals surface area contributed by atoms with Crippen LogP contribution in [0.3, 0.4) is 0 Å². The number of unbranched alkanes of at least 4 members (excludes halogenated alkanes) is 14. The molecule has 0 radical (unpaired) electrons. The molecule has 1 amide bonds. The van der Waals surface area contributed by atoms with Gasteiger partial charge in [-0.1, -0.05) is 134 Å². The number of aliphatic hydroxyl groups excluding tert-OH is 3. The third kappa shape index (κ3) is 24.9. The maximum absolute atomic E-state index is 12.3. The summed E-state index contributed by atoms with van der Waals surface area (Å²) in [7, 11) is 0. The molecule has 0 aliphatic heterocycles. The van der Waals surface area contributed by atoms with E-state index < -0.39 is 18.2 Å². The summed E-state index contributed by atoms with van der Waals surface area (Å²) in [5, 5.41) is 32.8. The summed E-state index contributed by atoms with van der Waals surface area (Å²) in [4.78, 5) is 12.3. The van der Waals surface area contributed by atoms with Crippen molar-refractivity contribution in [2.24, 2.45) is 0 Å². The van der Waals surface area contributed by atoms with E-state index in [0.717, 1.165) is 38.5 Å². The molecule has 0 aromatic carbocycles. The van der Waals surface area contributed by atoms with Crippen LogP contribution in [0.4, 0.5) is 0 Å². The zero-order chi connectivity index (χ0) is 28.1. The minimum Gasteiger partial charge on any atom is -0.394 e. The van der Waals surface area contributed by atoms with Crippen LogP contribution >= 0.6 is 0 Å². The van der Waals surface area contributed by atoms with Gasteiger partial charge in [0.1, 0.15) is 0 Å². The molecule has 0 spiro atoms. The molecule has 222 valence electrons. The number of hydrogen-bond acceptors (Lipinski definition) is 4. The van der Waals surface area contributed by atoms with Gasteiger partial charge in [0.2, 0.25) is 5.91 Å². The average Bonchev–Trinajstić information content (AvgIpc) is 2.90. The second-order valence-corrected chi connectivity index (χ2v) is 10.7. The van der Waals surface area contributed by atoms with Crippen LogP contribution in [-0.4, -0.2) is 46.1 Å². The lowest BCUT2D eigenvalue weighted by Crippen LogP contribution is -2.45. The molecular weight excluding hydrogens is 474 g/mol. The van der Waals surface area contributed by atoms with Crippen molar-refractivity contribution in [3.63, 3.8) is 0 Å². The fraction of sp³-hybridized carbons (Fsp3) is 0.788. The first kappa shape index (κ1) is 36.6. The molecule has 4 N–H and O–H groups in total. The van der Waals surface area contributed by atoms with Crippen molar-refractivity contribution in [2.45, 2.75) is 161 Å². The summed E-state index contributed by atoms with van der Waals surface area (Å²) in [5.74, 6) is -0.334. The summed E-state index contributed by atoms with van der Waals surface area (Å²) >= 11 is 0. The topological polar surface area (TPSA) is 89.8 Å². The first-order chi connectivity index (χ1) is 18.5. The number of aliphatic hydroxyl groups is 3. The third-order valence-electron chi connectivity index (χ3n) is 6.91. The van der Waals surface area contributed by atoms with Crippen molar-refractivity contribution in [2.75, 3.05) is 6.61 Å². The van der Waals surface area contributed by atoms with Crippen LogP contribution in [0.1, 0.15) is 142 Å². The predicted octanol–water partition coefficient (Wildman–Crippen LogP) is 7.70. The Morgan fingerprint density at radius 3 is 1.66 bits per heavy atom. The van der Waals surface area contributed by atoms with E-state index in [1.54, 1.807) is 6.08 Å². The Balaban J connectivity index is 3.89. The third-order valence-corrected chi connectivity index (χ3v) is 6.91. The highest BCUT2D eigenvalue weighted by Crippen LogP contribution is 2.13. The van der Waals surface area contributed by atoms with E-state index in [4.69, 9.17) is 0 Å². The van der Waals surface area contributed by atoms with E-state index >= 15 is 0 Å². The van der Waals surface area contributed by atoms with Gasteiger partial charge in [-0.15, -0.1) is 0 Å². The summed E-state index contributed by atoms with van der Waals surface area (Å²) in [6, 6.07) is -0.761. The van der Waals surface area contributed by atoms with Crippen molar-refractivity contribution >= 4 is 5.91 Å². The van der Waals surface area contributed by atoms with Crippen molar-refractivity contribution < 1.29 is 20.1 Å². The molecular formula is C33H61NO4. The van der Waals surface area contributed by atoms with Crippen molar-refractivity contribution in [1.29, 1.82) is 0 Å². The van der Waals surface area contributed by atoms with Crippen LogP contribution in [0.5, 0.6) is 0 Å². The van der Waals surface area contributed by atoms with Gasteiger partial charge in [0.05, 0.1) is 31.3 Å².